The molecule has 0 amide bonds. The molecule has 1 unspecified atom stereocenters. The molecule has 0 aromatic carbocycles. The number of hydrogen-bond acceptors (Lipinski definition) is 2. The van der Waals surface area contributed by atoms with E-state index in [4.69, 9.17) is 9.84 Å². The molecule has 0 aliphatic carbocycles. The first kappa shape index (κ1) is 10.2. The maximum atomic E-state index is 10.2. The maximum absolute atomic E-state index is 10.2. The molecule has 0 heterocycles. The van der Waals surface area contributed by atoms with Crippen molar-refractivity contribution >= 4 is 5.97 Å². The van der Waals surface area contributed by atoms with Crippen LogP contribution < -0.4 is 0 Å². The zero-order chi connectivity index (χ0) is 8.69. The fourth-order valence-electron chi connectivity index (χ4n) is 0.559. The van der Waals surface area contributed by atoms with Gasteiger partial charge in [0.05, 0.1) is 0 Å². The van der Waals surface area contributed by atoms with Gasteiger partial charge >= 0.3 is 5.97 Å². The molecule has 0 rings (SSSR count). The SMILES string of the molecule is C=CCCCOC(C)C(=O)O. The lowest BCUT2D eigenvalue weighted by Gasteiger charge is -2.06. The molecule has 0 fully saturated rings. The van der Waals surface area contributed by atoms with E-state index in [-0.39, 0.29) is 0 Å². The lowest BCUT2D eigenvalue weighted by Crippen LogP contribution is -2.20. The van der Waals surface area contributed by atoms with Gasteiger partial charge in [-0.3, -0.25) is 0 Å². The molecule has 1 atom stereocenters. The van der Waals surface area contributed by atoms with Crippen molar-refractivity contribution in [2.75, 3.05) is 6.61 Å². The molecule has 0 aromatic rings. The van der Waals surface area contributed by atoms with Crippen LogP contribution in [0.2, 0.25) is 0 Å². The van der Waals surface area contributed by atoms with Crippen LogP contribution in [0.25, 0.3) is 0 Å². The highest BCUT2D eigenvalue weighted by atomic mass is 16.5. The summed E-state index contributed by atoms with van der Waals surface area (Å²) in [5.41, 5.74) is 0. The molecule has 0 saturated carbocycles. The predicted molar refractivity (Wildman–Crippen MR) is 42.5 cm³/mol. The molecule has 64 valence electrons. The summed E-state index contributed by atoms with van der Waals surface area (Å²) < 4.78 is 4.96. The molecular weight excluding hydrogens is 144 g/mol. The van der Waals surface area contributed by atoms with Gasteiger partial charge in [0.1, 0.15) is 0 Å². The van der Waals surface area contributed by atoms with Crippen molar-refractivity contribution in [1.82, 2.24) is 0 Å². The normalized spacial score (nSPS) is 12.5. The van der Waals surface area contributed by atoms with Crippen molar-refractivity contribution in [3.63, 3.8) is 0 Å². The van der Waals surface area contributed by atoms with Crippen LogP contribution in [0, 0.1) is 0 Å². The summed E-state index contributed by atoms with van der Waals surface area (Å²) in [5, 5.41) is 8.39. The Balaban J connectivity index is 3.24. The minimum Gasteiger partial charge on any atom is -0.479 e. The monoisotopic (exact) mass is 158 g/mol. The summed E-state index contributed by atoms with van der Waals surface area (Å²) in [6.07, 6.45) is 2.79. The van der Waals surface area contributed by atoms with Gasteiger partial charge in [0, 0.05) is 6.61 Å². The number of hydrogen-bond donors (Lipinski definition) is 1. The van der Waals surface area contributed by atoms with E-state index in [2.05, 4.69) is 6.58 Å². The van der Waals surface area contributed by atoms with Gasteiger partial charge in [-0.2, -0.15) is 0 Å². The van der Waals surface area contributed by atoms with Gasteiger partial charge in [0.2, 0.25) is 0 Å². The Kier molecular flexibility index (Phi) is 5.47. The first-order valence-electron chi connectivity index (χ1n) is 3.63. The Labute approximate surface area is 66.7 Å². The van der Waals surface area contributed by atoms with E-state index in [0.29, 0.717) is 6.61 Å². The number of aliphatic carboxylic acids is 1. The topological polar surface area (TPSA) is 46.5 Å². The fourth-order valence-corrected chi connectivity index (χ4v) is 0.559. The van der Waals surface area contributed by atoms with E-state index >= 15 is 0 Å². The van der Waals surface area contributed by atoms with E-state index in [1.54, 1.807) is 6.08 Å². The summed E-state index contributed by atoms with van der Waals surface area (Å²) in [5.74, 6) is -0.913. The molecule has 0 bridgehead atoms. The second-order valence-corrected chi connectivity index (χ2v) is 2.28. The Morgan fingerprint density at radius 2 is 2.45 bits per heavy atom. The van der Waals surface area contributed by atoms with Crippen LogP contribution in [-0.2, 0) is 9.53 Å². The fraction of sp³-hybridized carbons (Fsp3) is 0.625. The summed E-state index contributed by atoms with van der Waals surface area (Å²) in [6.45, 7) is 5.55. The molecule has 3 heteroatoms. The third-order valence-electron chi connectivity index (χ3n) is 1.27. The van der Waals surface area contributed by atoms with Gasteiger partial charge in [-0.1, -0.05) is 6.08 Å². The molecule has 0 spiro atoms. The molecule has 0 aliphatic rings. The predicted octanol–water partition coefficient (Wildman–Crippen LogP) is 1.44. The highest BCUT2D eigenvalue weighted by Gasteiger charge is 2.09. The second-order valence-electron chi connectivity index (χ2n) is 2.28. The number of rotatable bonds is 6. The average molecular weight is 158 g/mol. The van der Waals surface area contributed by atoms with Crippen LogP contribution in [0.1, 0.15) is 19.8 Å². The molecule has 0 aromatic heterocycles. The van der Waals surface area contributed by atoms with Gasteiger partial charge < -0.3 is 9.84 Å². The van der Waals surface area contributed by atoms with Gasteiger partial charge in [-0.15, -0.1) is 6.58 Å². The number of ether oxygens (including phenoxy) is 1. The number of carboxylic acids is 1. The van der Waals surface area contributed by atoms with Crippen LogP contribution in [0.4, 0.5) is 0 Å². The first-order valence-corrected chi connectivity index (χ1v) is 3.63. The van der Waals surface area contributed by atoms with Crippen molar-refractivity contribution < 1.29 is 14.6 Å². The van der Waals surface area contributed by atoms with Crippen molar-refractivity contribution in [3.05, 3.63) is 12.7 Å². The summed E-state index contributed by atoms with van der Waals surface area (Å²) in [6, 6.07) is 0. The van der Waals surface area contributed by atoms with Gasteiger partial charge in [0.15, 0.2) is 6.10 Å². The Morgan fingerprint density at radius 3 is 2.91 bits per heavy atom. The third kappa shape index (κ3) is 5.61. The van der Waals surface area contributed by atoms with Crippen LogP contribution in [-0.4, -0.2) is 23.8 Å². The lowest BCUT2D eigenvalue weighted by atomic mass is 10.3. The van der Waals surface area contributed by atoms with Crippen molar-refractivity contribution in [2.45, 2.75) is 25.9 Å². The van der Waals surface area contributed by atoms with Crippen LogP contribution in [0.15, 0.2) is 12.7 Å². The molecule has 0 aliphatic heterocycles. The van der Waals surface area contributed by atoms with E-state index in [1.807, 2.05) is 0 Å². The Hall–Kier alpha value is -0.830. The highest BCUT2D eigenvalue weighted by Crippen LogP contribution is 1.95. The lowest BCUT2D eigenvalue weighted by molar-refractivity contribution is -0.149. The van der Waals surface area contributed by atoms with Crippen molar-refractivity contribution in [3.8, 4) is 0 Å². The molecule has 1 N–H and O–H groups in total. The maximum Gasteiger partial charge on any atom is 0.332 e. The number of carboxylic acid groups (broad SMARTS) is 1. The molecule has 11 heavy (non-hydrogen) atoms. The molecule has 0 saturated heterocycles. The second kappa shape index (κ2) is 5.92. The third-order valence-corrected chi connectivity index (χ3v) is 1.27. The van der Waals surface area contributed by atoms with Gasteiger partial charge in [0.25, 0.3) is 0 Å². The number of carbonyl (C=O) groups is 1. The minimum atomic E-state index is -0.913. The van der Waals surface area contributed by atoms with E-state index < -0.39 is 12.1 Å². The molecule has 3 nitrogen and oxygen atoms in total. The number of allylic oxidation sites excluding steroid dienone is 1. The zero-order valence-electron chi connectivity index (χ0n) is 6.75. The van der Waals surface area contributed by atoms with Crippen molar-refractivity contribution in [1.29, 1.82) is 0 Å². The van der Waals surface area contributed by atoms with Crippen LogP contribution in [0.3, 0.4) is 0 Å². The van der Waals surface area contributed by atoms with E-state index in [0.717, 1.165) is 12.8 Å². The summed E-state index contributed by atoms with van der Waals surface area (Å²) in [4.78, 5) is 10.2. The largest absolute Gasteiger partial charge is 0.479 e. The standard InChI is InChI=1S/C8H14O3/c1-3-4-5-6-11-7(2)8(9)10/h3,7H,1,4-6H2,2H3,(H,9,10). The molecule has 0 radical (unpaired) electrons. The minimum absolute atomic E-state index is 0.486. The van der Waals surface area contributed by atoms with Gasteiger partial charge in [-0.05, 0) is 19.8 Å². The summed E-state index contributed by atoms with van der Waals surface area (Å²) in [7, 11) is 0. The smallest absolute Gasteiger partial charge is 0.332 e. The first-order chi connectivity index (χ1) is 5.18. The Morgan fingerprint density at radius 1 is 1.82 bits per heavy atom. The zero-order valence-corrected chi connectivity index (χ0v) is 6.75. The molecular formula is C8H14O3. The number of unbranched alkanes of at least 4 members (excludes halogenated alkanes) is 1. The Bertz CT molecular complexity index is 131. The van der Waals surface area contributed by atoms with Crippen LogP contribution in [0.5, 0.6) is 0 Å². The van der Waals surface area contributed by atoms with E-state index in [1.165, 1.54) is 6.92 Å². The van der Waals surface area contributed by atoms with Crippen LogP contribution >= 0.6 is 0 Å². The average Bonchev–Trinajstić information content (AvgIpc) is 1.97. The van der Waals surface area contributed by atoms with E-state index in [9.17, 15) is 4.79 Å². The van der Waals surface area contributed by atoms with Crippen molar-refractivity contribution in [2.24, 2.45) is 0 Å². The van der Waals surface area contributed by atoms with Gasteiger partial charge in [-0.25, -0.2) is 4.79 Å². The highest BCUT2D eigenvalue weighted by molar-refractivity contribution is 5.71. The summed E-state index contributed by atoms with van der Waals surface area (Å²) >= 11 is 0. The quantitative estimate of drug-likeness (QED) is 0.470.